The molecule has 1 aliphatic heterocycles. The van der Waals surface area contributed by atoms with Gasteiger partial charge in [-0.3, -0.25) is 14.9 Å². The van der Waals surface area contributed by atoms with Gasteiger partial charge >= 0.3 is 0 Å². The fourth-order valence-electron chi connectivity index (χ4n) is 6.64. The number of likely N-dealkylation sites (tertiary alicyclic amines) is 1. The lowest BCUT2D eigenvalue weighted by molar-refractivity contribution is 0.225. The smallest absolute Gasteiger partial charge is 0.237 e. The van der Waals surface area contributed by atoms with Crippen molar-refractivity contribution in [2.45, 2.75) is 51.7 Å². The summed E-state index contributed by atoms with van der Waals surface area (Å²) < 4.78 is 11.3. The molecule has 42 heavy (non-hydrogen) atoms. The van der Waals surface area contributed by atoms with E-state index in [0.29, 0.717) is 35.1 Å². The van der Waals surface area contributed by atoms with Gasteiger partial charge in [0.25, 0.3) is 0 Å². The maximum absolute atomic E-state index is 7.11. The Hall–Kier alpha value is -3.59. The summed E-state index contributed by atoms with van der Waals surface area (Å²) in [5.41, 5.74) is 7.81. The van der Waals surface area contributed by atoms with Crippen LogP contribution >= 0.6 is 11.6 Å². The third-order valence-corrected chi connectivity index (χ3v) is 9.16. The average molecular weight is 585 g/mol. The number of nitrogens with zero attached hydrogens (tertiary/aromatic N) is 5. The van der Waals surface area contributed by atoms with Crippen LogP contribution in [0.25, 0.3) is 33.6 Å². The molecule has 2 aromatic heterocycles. The van der Waals surface area contributed by atoms with Crippen LogP contribution in [-0.4, -0.2) is 58.7 Å². The summed E-state index contributed by atoms with van der Waals surface area (Å²) >= 11 is 7.11. The predicted octanol–water partition coefficient (Wildman–Crippen LogP) is 6.34. The van der Waals surface area contributed by atoms with Crippen molar-refractivity contribution in [2.24, 2.45) is 5.92 Å². The standard InChI is InChI=1S/C33H37ClN6O2/c1-20-22(9-6-10-23(20)26-17-36-28(16-35-2)32(38-26)41-3)24-11-7-12-25(31(24)34)27-18-37-29(33(39-27)42-4)19-40-15-14-21-8-5-13-30(21)40/h6-7,9-12,17-18,21,30,35H,5,8,13-16,19H2,1-4H3/t21-,30-/m0/s1. The van der Waals surface area contributed by atoms with Gasteiger partial charge in [0.15, 0.2) is 0 Å². The molecular weight excluding hydrogens is 548 g/mol. The fourth-order valence-corrected chi connectivity index (χ4v) is 6.97. The molecule has 6 rings (SSSR count). The Balaban J connectivity index is 1.32. The van der Waals surface area contributed by atoms with Gasteiger partial charge in [0.1, 0.15) is 11.4 Å². The first-order valence-corrected chi connectivity index (χ1v) is 15.0. The van der Waals surface area contributed by atoms with Crippen LogP contribution in [0.2, 0.25) is 5.02 Å². The summed E-state index contributed by atoms with van der Waals surface area (Å²) in [7, 11) is 5.15. The van der Waals surface area contributed by atoms with Crippen molar-refractivity contribution in [1.82, 2.24) is 30.2 Å². The molecule has 0 bridgehead atoms. The molecule has 218 valence electrons. The number of methoxy groups -OCH3 is 2. The summed E-state index contributed by atoms with van der Waals surface area (Å²) in [5, 5.41) is 3.72. The molecule has 4 aromatic rings. The van der Waals surface area contributed by atoms with Gasteiger partial charge in [-0.2, -0.15) is 0 Å². The van der Waals surface area contributed by atoms with E-state index in [0.717, 1.165) is 63.9 Å². The van der Waals surface area contributed by atoms with E-state index in [1.807, 2.05) is 43.6 Å². The molecule has 0 spiro atoms. The first-order valence-electron chi connectivity index (χ1n) is 14.6. The highest BCUT2D eigenvalue weighted by Gasteiger charge is 2.37. The van der Waals surface area contributed by atoms with Crippen LogP contribution in [0.5, 0.6) is 11.8 Å². The van der Waals surface area contributed by atoms with Crippen LogP contribution in [0.1, 0.15) is 42.6 Å². The van der Waals surface area contributed by atoms with E-state index in [1.54, 1.807) is 20.4 Å². The molecule has 2 aromatic carbocycles. The van der Waals surface area contributed by atoms with Crippen molar-refractivity contribution in [3.8, 4) is 45.4 Å². The molecule has 9 heteroatoms. The number of benzene rings is 2. The Labute approximate surface area is 252 Å². The average Bonchev–Trinajstić information content (AvgIpc) is 3.63. The van der Waals surface area contributed by atoms with E-state index >= 15 is 0 Å². The van der Waals surface area contributed by atoms with Crippen molar-refractivity contribution in [1.29, 1.82) is 0 Å². The van der Waals surface area contributed by atoms with Gasteiger partial charge in [-0.1, -0.05) is 54.4 Å². The summed E-state index contributed by atoms with van der Waals surface area (Å²) in [4.78, 5) is 21.6. The Morgan fingerprint density at radius 1 is 0.857 bits per heavy atom. The van der Waals surface area contributed by atoms with Gasteiger partial charge in [-0.05, 0) is 56.8 Å². The molecule has 2 atom stereocenters. The van der Waals surface area contributed by atoms with Crippen LogP contribution in [0, 0.1) is 12.8 Å². The van der Waals surface area contributed by atoms with E-state index < -0.39 is 0 Å². The van der Waals surface area contributed by atoms with Crippen LogP contribution in [-0.2, 0) is 13.1 Å². The molecule has 0 unspecified atom stereocenters. The van der Waals surface area contributed by atoms with E-state index in [9.17, 15) is 0 Å². The minimum Gasteiger partial charge on any atom is -0.480 e. The minimum absolute atomic E-state index is 0.510. The molecule has 0 amide bonds. The number of halogens is 1. The fraction of sp³-hybridized carbons (Fsp3) is 0.394. The zero-order chi connectivity index (χ0) is 29.2. The van der Waals surface area contributed by atoms with Gasteiger partial charge in [0, 0.05) is 35.8 Å². The maximum Gasteiger partial charge on any atom is 0.237 e. The monoisotopic (exact) mass is 584 g/mol. The first kappa shape index (κ1) is 28.5. The lowest BCUT2D eigenvalue weighted by Crippen LogP contribution is -2.30. The number of aromatic nitrogens is 4. The van der Waals surface area contributed by atoms with E-state index in [1.165, 1.54) is 25.7 Å². The molecule has 3 heterocycles. The van der Waals surface area contributed by atoms with E-state index in [2.05, 4.69) is 28.2 Å². The molecule has 1 saturated carbocycles. The summed E-state index contributed by atoms with van der Waals surface area (Å²) in [6, 6.07) is 12.8. The van der Waals surface area contributed by atoms with E-state index in [4.69, 9.17) is 36.0 Å². The molecule has 1 aliphatic carbocycles. The Bertz CT molecular complexity index is 1600. The predicted molar refractivity (Wildman–Crippen MR) is 166 cm³/mol. The summed E-state index contributed by atoms with van der Waals surface area (Å²) in [6.07, 6.45) is 8.85. The van der Waals surface area contributed by atoms with Gasteiger partial charge < -0.3 is 14.8 Å². The van der Waals surface area contributed by atoms with E-state index in [-0.39, 0.29) is 0 Å². The molecule has 1 N–H and O–H groups in total. The number of hydrogen-bond donors (Lipinski definition) is 1. The second kappa shape index (κ2) is 12.3. The largest absolute Gasteiger partial charge is 0.480 e. The van der Waals surface area contributed by atoms with Crippen LogP contribution in [0.4, 0.5) is 0 Å². The number of hydrogen-bond acceptors (Lipinski definition) is 8. The molecule has 0 radical (unpaired) electrons. The maximum atomic E-state index is 7.11. The highest BCUT2D eigenvalue weighted by molar-refractivity contribution is 6.36. The number of fused-ring (bicyclic) bond motifs is 1. The molecule has 1 saturated heterocycles. The first-order chi connectivity index (χ1) is 20.5. The summed E-state index contributed by atoms with van der Waals surface area (Å²) in [6.45, 7) is 4.54. The van der Waals surface area contributed by atoms with Crippen LogP contribution < -0.4 is 14.8 Å². The highest BCUT2D eigenvalue weighted by Crippen LogP contribution is 2.41. The minimum atomic E-state index is 0.510. The highest BCUT2D eigenvalue weighted by atomic mass is 35.5. The molecule has 2 fully saturated rings. The zero-order valence-electron chi connectivity index (χ0n) is 24.7. The topological polar surface area (TPSA) is 85.3 Å². The van der Waals surface area contributed by atoms with Crippen molar-refractivity contribution in [3.05, 3.63) is 70.8 Å². The SMILES string of the molecule is CNCc1ncc(-c2cccc(-c3cccc(-c4cnc(CN5CC[C@@H]6CCC[C@@H]65)c(OC)n4)c3Cl)c2C)nc1OC. The molecule has 2 aliphatic rings. The van der Waals surface area contributed by atoms with Crippen LogP contribution in [0.3, 0.4) is 0 Å². The van der Waals surface area contributed by atoms with Crippen molar-refractivity contribution in [3.63, 3.8) is 0 Å². The van der Waals surface area contributed by atoms with Gasteiger partial charge in [-0.15, -0.1) is 0 Å². The third kappa shape index (κ3) is 5.35. The van der Waals surface area contributed by atoms with Crippen molar-refractivity contribution < 1.29 is 9.47 Å². The van der Waals surface area contributed by atoms with Crippen molar-refractivity contribution in [2.75, 3.05) is 27.8 Å². The number of nitrogens with one attached hydrogen (secondary N) is 1. The second-order valence-electron chi connectivity index (χ2n) is 11.1. The number of ether oxygens (including phenoxy) is 2. The molecule has 8 nitrogen and oxygen atoms in total. The number of rotatable bonds is 9. The third-order valence-electron chi connectivity index (χ3n) is 8.76. The van der Waals surface area contributed by atoms with Gasteiger partial charge in [-0.25, -0.2) is 9.97 Å². The van der Waals surface area contributed by atoms with Crippen molar-refractivity contribution >= 4 is 11.6 Å². The zero-order valence-corrected chi connectivity index (χ0v) is 25.4. The quantitative estimate of drug-likeness (QED) is 0.244. The van der Waals surface area contributed by atoms with Gasteiger partial charge in [0.05, 0.1) is 43.0 Å². The Morgan fingerprint density at radius 3 is 2.24 bits per heavy atom. The lowest BCUT2D eigenvalue weighted by atomic mass is 9.93. The van der Waals surface area contributed by atoms with Crippen LogP contribution in [0.15, 0.2) is 48.8 Å². The second-order valence-corrected chi connectivity index (χ2v) is 11.5. The van der Waals surface area contributed by atoms with Gasteiger partial charge in [0.2, 0.25) is 11.8 Å². The molecular formula is C33H37ClN6O2. The Morgan fingerprint density at radius 2 is 1.50 bits per heavy atom. The summed E-state index contributed by atoms with van der Waals surface area (Å²) in [5.74, 6) is 1.90. The normalized spacial score (nSPS) is 18.3. The Kier molecular flexibility index (Phi) is 8.38. The lowest BCUT2D eigenvalue weighted by Gasteiger charge is -2.23.